The molecule has 1 nitrogen and oxygen atoms in total. The molecule has 1 aliphatic rings. The summed E-state index contributed by atoms with van der Waals surface area (Å²) in [7, 11) is 0. The normalized spacial score (nSPS) is 13.1. The molecule has 0 heterocycles. The Morgan fingerprint density at radius 1 is 0.380 bits per heavy atom. The van der Waals surface area contributed by atoms with E-state index in [1.165, 1.54) is 61.2 Å². The van der Waals surface area contributed by atoms with Crippen molar-refractivity contribution < 1.29 is 0 Å². The van der Waals surface area contributed by atoms with Crippen LogP contribution >= 0.6 is 0 Å². The van der Waals surface area contributed by atoms with Crippen molar-refractivity contribution in [2.24, 2.45) is 0 Å². The summed E-state index contributed by atoms with van der Waals surface area (Å²) in [4.78, 5) is 2.41. The molecular weight excluding hydrogens is 603 g/mol. The lowest BCUT2D eigenvalue weighted by molar-refractivity contribution is 0.593. The fourth-order valence-electron chi connectivity index (χ4n) is 7.96. The first-order valence-electron chi connectivity index (χ1n) is 17.7. The number of rotatable bonds is 6. The van der Waals surface area contributed by atoms with Crippen molar-refractivity contribution in [3.05, 3.63) is 187 Å². The fourth-order valence-corrected chi connectivity index (χ4v) is 7.96. The van der Waals surface area contributed by atoms with Crippen molar-refractivity contribution in [2.75, 3.05) is 4.90 Å². The lowest BCUT2D eigenvalue weighted by Crippen LogP contribution is -2.16. The maximum absolute atomic E-state index is 2.41. The Kier molecular flexibility index (Phi) is 7.80. The topological polar surface area (TPSA) is 3.24 Å². The van der Waals surface area contributed by atoms with Crippen molar-refractivity contribution in [1.82, 2.24) is 0 Å². The van der Waals surface area contributed by atoms with Crippen LogP contribution in [-0.2, 0) is 10.8 Å². The Balaban J connectivity index is 1.24. The van der Waals surface area contributed by atoms with Crippen molar-refractivity contribution in [1.29, 1.82) is 0 Å². The van der Waals surface area contributed by atoms with Gasteiger partial charge >= 0.3 is 0 Å². The van der Waals surface area contributed by atoms with Gasteiger partial charge in [0.25, 0.3) is 0 Å². The number of anilines is 3. The Morgan fingerprint density at radius 2 is 0.820 bits per heavy atom. The van der Waals surface area contributed by atoms with Gasteiger partial charge in [-0.05, 0) is 103 Å². The number of hydrogen-bond acceptors (Lipinski definition) is 1. The molecule has 7 aromatic rings. The van der Waals surface area contributed by atoms with E-state index < -0.39 is 0 Å². The fraction of sp³-hybridized carbons (Fsp3) is 0.143. The average molecular weight is 646 g/mol. The van der Waals surface area contributed by atoms with Gasteiger partial charge in [0, 0.05) is 22.5 Å². The van der Waals surface area contributed by atoms with Crippen LogP contribution in [0.25, 0.3) is 44.5 Å². The molecule has 0 atom stereocenters. The summed E-state index contributed by atoms with van der Waals surface area (Å²) >= 11 is 0. The van der Waals surface area contributed by atoms with Crippen LogP contribution in [0.4, 0.5) is 17.1 Å². The van der Waals surface area contributed by atoms with Crippen LogP contribution in [0.2, 0.25) is 0 Å². The molecule has 0 N–H and O–H groups in total. The summed E-state index contributed by atoms with van der Waals surface area (Å²) in [5.41, 5.74) is 17.6. The minimum absolute atomic E-state index is 0.0399. The summed E-state index contributed by atoms with van der Waals surface area (Å²) in [5, 5.41) is 0. The number of nitrogens with zero attached hydrogens (tertiary/aromatic N) is 1. The second-order valence-electron chi connectivity index (χ2n) is 15.0. The minimum atomic E-state index is -0.0816. The molecule has 0 fully saturated rings. The van der Waals surface area contributed by atoms with E-state index in [2.05, 4.69) is 209 Å². The summed E-state index contributed by atoms with van der Waals surface area (Å²) in [6, 6.07) is 62.2. The van der Waals surface area contributed by atoms with Crippen LogP contribution in [0.1, 0.15) is 51.3 Å². The highest BCUT2D eigenvalue weighted by molar-refractivity contribution is 5.87. The number of fused-ring (bicyclic) bond motifs is 3. The SMILES string of the molecule is CC(C)(C)c1c(-c2ccccc2)cccc1-c1ccc(N(c2ccc(-c3ccccc3)cc2)c2ccc3c(c2)C(C)(C)c2ccccc2-3)cc1. The van der Waals surface area contributed by atoms with Gasteiger partial charge in [0.2, 0.25) is 0 Å². The van der Waals surface area contributed by atoms with Gasteiger partial charge in [0.15, 0.2) is 0 Å². The van der Waals surface area contributed by atoms with Crippen LogP contribution < -0.4 is 4.90 Å². The van der Waals surface area contributed by atoms with Gasteiger partial charge < -0.3 is 4.90 Å². The van der Waals surface area contributed by atoms with Gasteiger partial charge in [-0.1, -0.05) is 168 Å². The molecule has 7 aromatic carbocycles. The van der Waals surface area contributed by atoms with E-state index in [9.17, 15) is 0 Å². The van der Waals surface area contributed by atoms with Gasteiger partial charge in [-0.2, -0.15) is 0 Å². The maximum Gasteiger partial charge on any atom is 0.0465 e. The Hall–Kier alpha value is -5.66. The van der Waals surface area contributed by atoms with Gasteiger partial charge in [-0.15, -0.1) is 0 Å². The first-order valence-corrected chi connectivity index (χ1v) is 17.7. The molecule has 1 heteroatoms. The standard InChI is InChI=1S/C49H43N/c1-48(2,3)47-41(36-17-10-7-11-18-36)20-14-21-42(47)37-25-29-39(30-26-37)50(38-27-23-35(24-28-38)34-15-8-6-9-16-34)40-31-32-44-43-19-12-13-22-45(43)49(4,5)46(44)33-40/h6-33H,1-5H3. The summed E-state index contributed by atoms with van der Waals surface area (Å²) < 4.78 is 0. The van der Waals surface area contributed by atoms with Crippen molar-refractivity contribution in [3.8, 4) is 44.5 Å². The Morgan fingerprint density at radius 3 is 1.42 bits per heavy atom. The smallest absolute Gasteiger partial charge is 0.0465 e. The molecule has 0 spiro atoms. The summed E-state index contributed by atoms with van der Waals surface area (Å²) in [6.45, 7) is 11.7. The Labute approximate surface area is 297 Å². The third-order valence-corrected chi connectivity index (χ3v) is 10.4. The van der Waals surface area contributed by atoms with E-state index in [0.717, 1.165) is 17.1 Å². The summed E-state index contributed by atoms with van der Waals surface area (Å²) in [6.07, 6.45) is 0. The molecule has 0 aromatic heterocycles. The molecule has 0 saturated carbocycles. The zero-order valence-corrected chi connectivity index (χ0v) is 29.6. The zero-order chi connectivity index (χ0) is 34.5. The minimum Gasteiger partial charge on any atom is -0.310 e. The molecule has 0 unspecified atom stereocenters. The van der Waals surface area contributed by atoms with E-state index in [4.69, 9.17) is 0 Å². The van der Waals surface area contributed by atoms with Gasteiger partial charge in [-0.25, -0.2) is 0 Å². The van der Waals surface area contributed by atoms with E-state index in [1.807, 2.05) is 0 Å². The average Bonchev–Trinajstić information content (AvgIpc) is 3.38. The van der Waals surface area contributed by atoms with E-state index in [1.54, 1.807) is 0 Å². The molecule has 50 heavy (non-hydrogen) atoms. The molecule has 0 aliphatic heterocycles. The first-order chi connectivity index (χ1) is 24.2. The second kappa shape index (κ2) is 12.3. The monoisotopic (exact) mass is 645 g/mol. The highest BCUT2D eigenvalue weighted by Gasteiger charge is 2.35. The zero-order valence-electron chi connectivity index (χ0n) is 29.6. The maximum atomic E-state index is 2.41. The molecule has 0 amide bonds. The van der Waals surface area contributed by atoms with Gasteiger partial charge in [0.05, 0.1) is 0 Å². The molecule has 0 saturated heterocycles. The van der Waals surface area contributed by atoms with Crippen LogP contribution in [0.15, 0.2) is 170 Å². The molecule has 0 bridgehead atoms. The third-order valence-electron chi connectivity index (χ3n) is 10.4. The molecule has 244 valence electrons. The number of hydrogen-bond donors (Lipinski definition) is 0. The quantitative estimate of drug-likeness (QED) is 0.174. The predicted octanol–water partition coefficient (Wildman–Crippen LogP) is 13.8. The third kappa shape index (κ3) is 5.53. The van der Waals surface area contributed by atoms with Crippen molar-refractivity contribution >= 4 is 17.1 Å². The summed E-state index contributed by atoms with van der Waals surface area (Å²) in [5.74, 6) is 0. The largest absolute Gasteiger partial charge is 0.310 e. The lowest BCUT2D eigenvalue weighted by Gasteiger charge is -2.29. The highest BCUT2D eigenvalue weighted by atomic mass is 15.1. The van der Waals surface area contributed by atoms with E-state index >= 15 is 0 Å². The Bertz CT molecular complexity index is 2290. The molecule has 8 rings (SSSR count). The molecule has 1 aliphatic carbocycles. The first kappa shape index (κ1) is 31.6. The predicted molar refractivity (Wildman–Crippen MR) is 214 cm³/mol. The molecule has 0 radical (unpaired) electrons. The van der Waals surface area contributed by atoms with Crippen LogP contribution in [-0.4, -0.2) is 0 Å². The molecular formula is C49H43N. The van der Waals surface area contributed by atoms with Crippen molar-refractivity contribution in [3.63, 3.8) is 0 Å². The van der Waals surface area contributed by atoms with E-state index in [0.29, 0.717) is 0 Å². The van der Waals surface area contributed by atoms with Crippen LogP contribution in [0.5, 0.6) is 0 Å². The highest BCUT2D eigenvalue weighted by Crippen LogP contribution is 2.51. The second-order valence-corrected chi connectivity index (χ2v) is 15.0. The van der Waals surface area contributed by atoms with E-state index in [-0.39, 0.29) is 10.8 Å². The van der Waals surface area contributed by atoms with Crippen molar-refractivity contribution in [2.45, 2.75) is 45.4 Å². The van der Waals surface area contributed by atoms with Crippen LogP contribution in [0.3, 0.4) is 0 Å². The number of benzene rings is 7. The van der Waals surface area contributed by atoms with Gasteiger partial charge in [-0.3, -0.25) is 0 Å². The van der Waals surface area contributed by atoms with Gasteiger partial charge in [0.1, 0.15) is 0 Å². The van der Waals surface area contributed by atoms with Crippen LogP contribution in [0, 0.1) is 0 Å². The lowest BCUT2D eigenvalue weighted by atomic mass is 9.77.